The lowest BCUT2D eigenvalue weighted by atomic mass is 10.2. The molecule has 124 valence electrons. The van der Waals surface area contributed by atoms with Gasteiger partial charge >= 0.3 is 0 Å². The molecule has 1 heterocycles. The number of aryl methyl sites for hydroxylation is 1. The Kier molecular flexibility index (Phi) is 4.97. The molecule has 0 saturated heterocycles. The van der Waals surface area contributed by atoms with Crippen molar-refractivity contribution in [2.45, 2.75) is 25.8 Å². The SMILES string of the molecule is Cc1nc(/C=C/C(=O)Nc2ccc(C(=O)NC3CC3)c(Cl)c2)cs1. The van der Waals surface area contributed by atoms with Crippen LogP contribution in [0.4, 0.5) is 5.69 Å². The van der Waals surface area contributed by atoms with Gasteiger partial charge in [-0.3, -0.25) is 9.59 Å². The van der Waals surface area contributed by atoms with E-state index in [-0.39, 0.29) is 17.9 Å². The van der Waals surface area contributed by atoms with Crippen LogP contribution in [0.1, 0.15) is 33.9 Å². The maximum atomic E-state index is 12.0. The molecule has 0 atom stereocenters. The number of carbonyl (C=O) groups excluding carboxylic acids is 2. The lowest BCUT2D eigenvalue weighted by Crippen LogP contribution is -2.25. The summed E-state index contributed by atoms with van der Waals surface area (Å²) in [6.07, 6.45) is 5.10. The zero-order valence-corrected chi connectivity index (χ0v) is 14.6. The molecule has 0 bridgehead atoms. The van der Waals surface area contributed by atoms with Crippen molar-refractivity contribution in [3.05, 3.63) is 50.9 Å². The fourth-order valence-corrected chi connectivity index (χ4v) is 2.92. The molecule has 2 N–H and O–H groups in total. The standard InChI is InChI=1S/C17H16ClN3O2S/c1-10-19-13(9-24-10)5-7-16(22)20-12-4-6-14(15(18)8-12)17(23)21-11-2-3-11/h4-9,11H,2-3H2,1H3,(H,20,22)(H,21,23)/b7-5+. The molecule has 1 aliphatic carbocycles. The van der Waals surface area contributed by atoms with Crippen LogP contribution in [-0.2, 0) is 4.79 Å². The zero-order valence-electron chi connectivity index (χ0n) is 13.0. The van der Waals surface area contributed by atoms with Crippen molar-refractivity contribution in [3.63, 3.8) is 0 Å². The van der Waals surface area contributed by atoms with Crippen LogP contribution in [0.25, 0.3) is 6.08 Å². The van der Waals surface area contributed by atoms with Gasteiger partial charge in [-0.2, -0.15) is 0 Å². The molecule has 24 heavy (non-hydrogen) atoms. The third-order valence-corrected chi connectivity index (χ3v) is 4.54. The number of benzene rings is 1. The smallest absolute Gasteiger partial charge is 0.253 e. The Balaban J connectivity index is 1.62. The Bertz CT molecular complexity index is 812. The second-order valence-electron chi connectivity index (χ2n) is 5.56. The van der Waals surface area contributed by atoms with Gasteiger partial charge in [0, 0.05) is 23.2 Å². The molecule has 1 aromatic heterocycles. The van der Waals surface area contributed by atoms with Crippen molar-refractivity contribution in [3.8, 4) is 0 Å². The number of thiazole rings is 1. The molecule has 7 heteroatoms. The van der Waals surface area contributed by atoms with Crippen LogP contribution in [-0.4, -0.2) is 22.8 Å². The van der Waals surface area contributed by atoms with Gasteiger partial charge in [0.25, 0.3) is 5.91 Å². The summed E-state index contributed by atoms with van der Waals surface area (Å²) in [6.45, 7) is 1.91. The van der Waals surface area contributed by atoms with Crippen molar-refractivity contribution in [2.24, 2.45) is 0 Å². The molecule has 1 fully saturated rings. The first-order valence-electron chi connectivity index (χ1n) is 7.53. The molecule has 0 aliphatic heterocycles. The van der Waals surface area contributed by atoms with Crippen molar-refractivity contribution < 1.29 is 9.59 Å². The second kappa shape index (κ2) is 7.15. The molecule has 0 spiro atoms. The summed E-state index contributed by atoms with van der Waals surface area (Å²) in [6, 6.07) is 5.12. The fraction of sp³-hybridized carbons (Fsp3) is 0.235. The third kappa shape index (κ3) is 4.43. The van der Waals surface area contributed by atoms with Crippen LogP contribution < -0.4 is 10.6 Å². The normalized spacial score (nSPS) is 13.9. The van der Waals surface area contributed by atoms with Crippen LogP contribution in [0.2, 0.25) is 5.02 Å². The number of aromatic nitrogens is 1. The maximum absolute atomic E-state index is 12.0. The molecular weight excluding hydrogens is 346 g/mol. The van der Waals surface area contributed by atoms with Gasteiger partial charge in [0.2, 0.25) is 5.91 Å². The van der Waals surface area contributed by atoms with Crippen molar-refractivity contribution in [2.75, 3.05) is 5.32 Å². The minimum absolute atomic E-state index is 0.181. The summed E-state index contributed by atoms with van der Waals surface area (Å²) in [5, 5.41) is 8.73. The number of anilines is 1. The van der Waals surface area contributed by atoms with E-state index in [4.69, 9.17) is 11.6 Å². The lowest BCUT2D eigenvalue weighted by molar-refractivity contribution is -0.111. The van der Waals surface area contributed by atoms with E-state index >= 15 is 0 Å². The van der Waals surface area contributed by atoms with Crippen LogP contribution >= 0.6 is 22.9 Å². The van der Waals surface area contributed by atoms with Gasteiger partial charge in [0.15, 0.2) is 0 Å². The van der Waals surface area contributed by atoms with E-state index in [2.05, 4.69) is 15.6 Å². The van der Waals surface area contributed by atoms with E-state index in [0.29, 0.717) is 16.3 Å². The highest BCUT2D eigenvalue weighted by molar-refractivity contribution is 7.09. The molecule has 0 radical (unpaired) electrons. The number of halogens is 1. The van der Waals surface area contributed by atoms with E-state index in [9.17, 15) is 9.59 Å². The Hall–Kier alpha value is -2.18. The number of nitrogens with one attached hydrogen (secondary N) is 2. The highest BCUT2D eigenvalue weighted by Crippen LogP contribution is 2.24. The van der Waals surface area contributed by atoms with Gasteiger partial charge in [-0.15, -0.1) is 11.3 Å². The number of rotatable bonds is 5. The Morgan fingerprint density at radius 3 is 2.79 bits per heavy atom. The molecule has 5 nitrogen and oxygen atoms in total. The molecule has 1 saturated carbocycles. The van der Waals surface area contributed by atoms with E-state index in [1.54, 1.807) is 24.3 Å². The van der Waals surface area contributed by atoms with Gasteiger partial charge in [-0.25, -0.2) is 4.98 Å². The lowest BCUT2D eigenvalue weighted by Gasteiger charge is -2.08. The predicted octanol–water partition coefficient (Wildman–Crippen LogP) is 3.65. The van der Waals surface area contributed by atoms with E-state index in [1.165, 1.54) is 17.4 Å². The zero-order chi connectivity index (χ0) is 17.1. The Labute approximate surface area is 148 Å². The number of hydrogen-bond donors (Lipinski definition) is 2. The predicted molar refractivity (Wildman–Crippen MR) is 96.5 cm³/mol. The summed E-state index contributed by atoms with van der Waals surface area (Å²) in [5.74, 6) is -0.467. The first kappa shape index (κ1) is 16.7. The highest BCUT2D eigenvalue weighted by Gasteiger charge is 2.24. The Morgan fingerprint density at radius 1 is 1.38 bits per heavy atom. The van der Waals surface area contributed by atoms with Gasteiger partial charge in [0.1, 0.15) is 0 Å². The van der Waals surface area contributed by atoms with E-state index < -0.39 is 0 Å². The number of nitrogens with zero attached hydrogens (tertiary/aromatic N) is 1. The Morgan fingerprint density at radius 2 is 2.17 bits per heavy atom. The first-order chi connectivity index (χ1) is 11.5. The minimum atomic E-state index is -0.285. The monoisotopic (exact) mass is 361 g/mol. The summed E-state index contributed by atoms with van der Waals surface area (Å²) < 4.78 is 0. The topological polar surface area (TPSA) is 71.1 Å². The van der Waals surface area contributed by atoms with Gasteiger partial charge < -0.3 is 10.6 Å². The molecule has 1 aromatic carbocycles. The quantitative estimate of drug-likeness (QED) is 0.798. The van der Waals surface area contributed by atoms with Crippen molar-refractivity contribution in [1.29, 1.82) is 0 Å². The third-order valence-electron chi connectivity index (χ3n) is 3.44. The van der Waals surface area contributed by atoms with Gasteiger partial charge in [-0.1, -0.05) is 11.6 Å². The summed E-state index contributed by atoms with van der Waals surface area (Å²) in [4.78, 5) is 28.2. The van der Waals surface area contributed by atoms with Crippen LogP contribution in [0.15, 0.2) is 29.7 Å². The molecule has 2 aromatic rings. The highest BCUT2D eigenvalue weighted by atomic mass is 35.5. The van der Waals surface area contributed by atoms with Crippen LogP contribution in [0.3, 0.4) is 0 Å². The summed E-state index contributed by atoms with van der Waals surface area (Å²) >= 11 is 7.67. The molecule has 0 unspecified atom stereocenters. The second-order valence-corrected chi connectivity index (χ2v) is 7.03. The number of hydrogen-bond acceptors (Lipinski definition) is 4. The molecule has 2 amide bonds. The van der Waals surface area contributed by atoms with Crippen molar-refractivity contribution in [1.82, 2.24) is 10.3 Å². The van der Waals surface area contributed by atoms with Gasteiger partial charge in [-0.05, 0) is 44.0 Å². The van der Waals surface area contributed by atoms with Crippen LogP contribution in [0, 0.1) is 6.92 Å². The van der Waals surface area contributed by atoms with Crippen molar-refractivity contribution >= 4 is 46.5 Å². The van der Waals surface area contributed by atoms with Gasteiger partial charge in [0.05, 0.1) is 21.3 Å². The number of carbonyl (C=O) groups is 2. The first-order valence-corrected chi connectivity index (χ1v) is 8.78. The van der Waals surface area contributed by atoms with E-state index in [1.807, 2.05) is 12.3 Å². The van der Waals surface area contributed by atoms with E-state index in [0.717, 1.165) is 23.5 Å². The molecule has 1 aliphatic rings. The molecule has 3 rings (SSSR count). The average molecular weight is 362 g/mol. The largest absolute Gasteiger partial charge is 0.349 e. The average Bonchev–Trinajstić information content (AvgIpc) is 3.24. The minimum Gasteiger partial charge on any atom is -0.349 e. The number of amides is 2. The summed E-state index contributed by atoms with van der Waals surface area (Å²) in [7, 11) is 0. The molecular formula is C17H16ClN3O2S. The maximum Gasteiger partial charge on any atom is 0.253 e. The fourth-order valence-electron chi connectivity index (χ4n) is 2.07. The van der Waals surface area contributed by atoms with Crippen LogP contribution in [0.5, 0.6) is 0 Å². The summed E-state index contributed by atoms with van der Waals surface area (Å²) in [5.41, 5.74) is 1.69.